The molecule has 0 bridgehead atoms. The maximum atomic E-state index is 11.0. The topological polar surface area (TPSA) is 34.4 Å². The molecule has 2 aromatic heterocycles. The normalized spacial score (nSPS) is 12.4. The summed E-state index contributed by atoms with van der Waals surface area (Å²) in [5.74, 6) is -0.0161. The lowest BCUT2D eigenvalue weighted by molar-refractivity contribution is -0.110. The van der Waals surface area contributed by atoms with E-state index < -0.39 is 0 Å². The summed E-state index contributed by atoms with van der Waals surface area (Å²) in [7, 11) is 0. The van der Waals surface area contributed by atoms with Gasteiger partial charge in [-0.05, 0) is 18.6 Å². The molecule has 1 unspecified atom stereocenters. The van der Waals surface area contributed by atoms with Crippen LogP contribution in [0.15, 0.2) is 54.7 Å². The van der Waals surface area contributed by atoms with Crippen LogP contribution in [0.3, 0.4) is 0 Å². The first-order valence-electron chi connectivity index (χ1n) is 6.76. The van der Waals surface area contributed by atoms with Gasteiger partial charge in [-0.25, -0.2) is 4.98 Å². The number of hydrogen-bond acceptors (Lipinski definition) is 2. The first kappa shape index (κ1) is 12.6. The summed E-state index contributed by atoms with van der Waals surface area (Å²) in [6, 6.07) is 16.1. The van der Waals surface area contributed by atoms with E-state index >= 15 is 0 Å². The van der Waals surface area contributed by atoms with Gasteiger partial charge < -0.3 is 9.20 Å². The van der Waals surface area contributed by atoms with Crippen LogP contribution in [0, 0.1) is 5.92 Å². The fourth-order valence-electron chi connectivity index (χ4n) is 2.42. The van der Waals surface area contributed by atoms with Crippen molar-refractivity contribution >= 4 is 11.9 Å². The number of carbonyl (C=O) groups excluding carboxylic acids is 1. The Morgan fingerprint density at radius 2 is 1.90 bits per heavy atom. The van der Waals surface area contributed by atoms with E-state index in [-0.39, 0.29) is 5.92 Å². The monoisotopic (exact) mass is 264 g/mol. The second kappa shape index (κ2) is 5.29. The second-order valence-electron chi connectivity index (χ2n) is 5.02. The zero-order chi connectivity index (χ0) is 13.9. The van der Waals surface area contributed by atoms with Crippen LogP contribution >= 0.6 is 0 Å². The van der Waals surface area contributed by atoms with Gasteiger partial charge in [-0.1, -0.05) is 43.3 Å². The van der Waals surface area contributed by atoms with Gasteiger partial charge in [-0.2, -0.15) is 0 Å². The van der Waals surface area contributed by atoms with E-state index in [1.807, 2.05) is 49.5 Å². The number of rotatable bonds is 4. The van der Waals surface area contributed by atoms with Crippen molar-refractivity contribution in [3.63, 3.8) is 0 Å². The molecule has 20 heavy (non-hydrogen) atoms. The highest BCUT2D eigenvalue weighted by Crippen LogP contribution is 2.26. The Kier molecular flexibility index (Phi) is 3.33. The number of aromatic nitrogens is 2. The third-order valence-electron chi connectivity index (χ3n) is 3.42. The number of benzene rings is 1. The smallest absolute Gasteiger partial charge is 0.137 e. The van der Waals surface area contributed by atoms with Gasteiger partial charge in [0, 0.05) is 17.7 Å². The van der Waals surface area contributed by atoms with Crippen molar-refractivity contribution in [2.24, 2.45) is 5.92 Å². The van der Waals surface area contributed by atoms with E-state index in [9.17, 15) is 4.79 Å². The van der Waals surface area contributed by atoms with Crippen LogP contribution in [0.25, 0.3) is 16.9 Å². The molecule has 0 saturated heterocycles. The Labute approximate surface area is 117 Å². The number of pyridine rings is 1. The molecule has 0 radical (unpaired) electrons. The molecule has 3 nitrogen and oxygen atoms in total. The Balaban J connectivity index is 2.20. The molecule has 0 N–H and O–H groups in total. The van der Waals surface area contributed by atoms with Gasteiger partial charge in [0.05, 0.1) is 11.4 Å². The third-order valence-corrected chi connectivity index (χ3v) is 3.42. The van der Waals surface area contributed by atoms with Crippen molar-refractivity contribution in [1.82, 2.24) is 9.38 Å². The molecular formula is C17H16N2O. The van der Waals surface area contributed by atoms with E-state index in [1.165, 1.54) is 0 Å². The van der Waals surface area contributed by atoms with E-state index in [2.05, 4.69) is 16.5 Å². The summed E-state index contributed by atoms with van der Waals surface area (Å²) in [5.41, 5.74) is 4.06. The third kappa shape index (κ3) is 2.23. The summed E-state index contributed by atoms with van der Waals surface area (Å²) < 4.78 is 2.07. The average molecular weight is 264 g/mol. The minimum absolute atomic E-state index is 0.0161. The molecule has 0 aliphatic heterocycles. The van der Waals surface area contributed by atoms with E-state index in [1.54, 1.807) is 0 Å². The summed E-state index contributed by atoms with van der Waals surface area (Å²) in [4.78, 5) is 15.7. The highest BCUT2D eigenvalue weighted by molar-refractivity contribution is 5.67. The Morgan fingerprint density at radius 1 is 1.15 bits per heavy atom. The van der Waals surface area contributed by atoms with Crippen LogP contribution < -0.4 is 0 Å². The molecule has 0 saturated carbocycles. The summed E-state index contributed by atoms with van der Waals surface area (Å²) in [6.07, 6.45) is 3.69. The number of fused-ring (bicyclic) bond motifs is 1. The maximum Gasteiger partial charge on any atom is 0.137 e. The zero-order valence-electron chi connectivity index (χ0n) is 11.4. The highest BCUT2D eigenvalue weighted by atomic mass is 16.1. The van der Waals surface area contributed by atoms with Crippen molar-refractivity contribution in [3.8, 4) is 11.3 Å². The van der Waals surface area contributed by atoms with Gasteiger partial charge in [0.2, 0.25) is 0 Å². The van der Waals surface area contributed by atoms with Crippen LogP contribution in [0.2, 0.25) is 0 Å². The Bertz CT molecular complexity index is 731. The first-order chi connectivity index (χ1) is 9.79. The molecule has 3 aromatic rings. The standard InChI is InChI=1S/C17H16N2O/c1-13(12-20)11-15-17(14-7-3-2-4-8-14)18-16-9-5-6-10-19(15)16/h2-10,12-13H,11H2,1H3. The lowest BCUT2D eigenvalue weighted by Crippen LogP contribution is -2.04. The maximum absolute atomic E-state index is 11.0. The molecule has 0 aliphatic carbocycles. The van der Waals surface area contributed by atoms with E-state index in [4.69, 9.17) is 4.98 Å². The van der Waals surface area contributed by atoms with Crippen LogP contribution in [0.5, 0.6) is 0 Å². The largest absolute Gasteiger partial charge is 0.303 e. The number of hydrogen-bond donors (Lipinski definition) is 0. The molecule has 0 amide bonds. The van der Waals surface area contributed by atoms with E-state index in [0.717, 1.165) is 28.9 Å². The average Bonchev–Trinajstić information content (AvgIpc) is 2.87. The molecule has 3 rings (SSSR count). The lowest BCUT2D eigenvalue weighted by atomic mass is 10.0. The molecule has 3 heteroatoms. The second-order valence-corrected chi connectivity index (χ2v) is 5.02. The van der Waals surface area contributed by atoms with Gasteiger partial charge in [0.15, 0.2) is 0 Å². The van der Waals surface area contributed by atoms with Gasteiger partial charge in [-0.15, -0.1) is 0 Å². The van der Waals surface area contributed by atoms with Crippen molar-refractivity contribution in [2.75, 3.05) is 0 Å². The van der Waals surface area contributed by atoms with Gasteiger partial charge in [0.1, 0.15) is 11.9 Å². The summed E-state index contributed by atoms with van der Waals surface area (Å²) >= 11 is 0. The predicted octanol–water partition coefficient (Wildman–Crippen LogP) is 3.38. The highest BCUT2D eigenvalue weighted by Gasteiger charge is 2.15. The van der Waals surface area contributed by atoms with Crippen molar-refractivity contribution < 1.29 is 4.79 Å². The van der Waals surface area contributed by atoms with Crippen LogP contribution in [-0.2, 0) is 11.2 Å². The molecule has 0 fully saturated rings. The number of nitrogens with zero attached hydrogens (tertiary/aromatic N) is 2. The Morgan fingerprint density at radius 3 is 2.65 bits per heavy atom. The molecule has 1 atom stereocenters. The molecule has 0 spiro atoms. The van der Waals surface area contributed by atoms with Gasteiger partial charge in [0.25, 0.3) is 0 Å². The fourth-order valence-corrected chi connectivity index (χ4v) is 2.42. The molecule has 0 aliphatic rings. The van der Waals surface area contributed by atoms with Gasteiger partial charge in [-0.3, -0.25) is 0 Å². The number of aldehydes is 1. The van der Waals surface area contributed by atoms with Crippen molar-refractivity contribution in [3.05, 3.63) is 60.4 Å². The summed E-state index contributed by atoms with van der Waals surface area (Å²) in [6.45, 7) is 1.93. The minimum Gasteiger partial charge on any atom is -0.303 e. The van der Waals surface area contributed by atoms with Gasteiger partial charge >= 0.3 is 0 Å². The number of carbonyl (C=O) groups is 1. The van der Waals surface area contributed by atoms with Crippen LogP contribution in [0.4, 0.5) is 0 Å². The van der Waals surface area contributed by atoms with Crippen molar-refractivity contribution in [2.45, 2.75) is 13.3 Å². The molecule has 1 aromatic carbocycles. The predicted molar refractivity (Wildman–Crippen MR) is 79.6 cm³/mol. The minimum atomic E-state index is -0.0161. The van der Waals surface area contributed by atoms with Crippen LogP contribution in [-0.4, -0.2) is 15.7 Å². The fraction of sp³-hybridized carbons (Fsp3) is 0.176. The number of imidazole rings is 1. The first-order valence-corrected chi connectivity index (χ1v) is 6.76. The SMILES string of the molecule is CC(C=O)Cc1c(-c2ccccc2)nc2ccccn12. The van der Waals surface area contributed by atoms with Crippen molar-refractivity contribution in [1.29, 1.82) is 0 Å². The van der Waals surface area contributed by atoms with Crippen LogP contribution in [0.1, 0.15) is 12.6 Å². The Hall–Kier alpha value is -2.42. The zero-order valence-corrected chi connectivity index (χ0v) is 11.4. The molecular weight excluding hydrogens is 248 g/mol. The molecule has 100 valence electrons. The summed E-state index contributed by atoms with van der Waals surface area (Å²) in [5, 5.41) is 0. The molecule has 2 heterocycles. The van der Waals surface area contributed by atoms with E-state index in [0.29, 0.717) is 6.42 Å². The lowest BCUT2D eigenvalue weighted by Gasteiger charge is -2.07. The quantitative estimate of drug-likeness (QED) is 0.677.